The van der Waals surface area contributed by atoms with Crippen LogP contribution in [0.4, 0.5) is 0 Å². The minimum atomic E-state index is 1.10. The number of nitrogens with zero attached hydrogens (tertiary/aromatic N) is 2. The summed E-state index contributed by atoms with van der Waals surface area (Å²) in [7, 11) is 0. The van der Waals surface area contributed by atoms with Gasteiger partial charge in [0.15, 0.2) is 0 Å². The lowest BCUT2D eigenvalue weighted by Crippen LogP contribution is -2.32. The van der Waals surface area contributed by atoms with Crippen molar-refractivity contribution in [3.63, 3.8) is 0 Å². The van der Waals surface area contributed by atoms with Crippen LogP contribution in [0.25, 0.3) is 0 Å². The van der Waals surface area contributed by atoms with E-state index in [0.717, 1.165) is 5.33 Å². The van der Waals surface area contributed by atoms with Gasteiger partial charge in [-0.15, -0.1) is 11.3 Å². The molecule has 0 atom stereocenters. The summed E-state index contributed by atoms with van der Waals surface area (Å²) >= 11 is 5.41. The summed E-state index contributed by atoms with van der Waals surface area (Å²) in [5.74, 6) is 0. The van der Waals surface area contributed by atoms with Crippen LogP contribution in [-0.2, 0) is 6.42 Å². The summed E-state index contributed by atoms with van der Waals surface area (Å²) < 4.78 is 0. The molecular formula is C13H21BrN2S. The molecule has 2 nitrogen and oxygen atoms in total. The first kappa shape index (κ1) is 13.5. The molecular weight excluding hydrogens is 296 g/mol. The van der Waals surface area contributed by atoms with Gasteiger partial charge in [0, 0.05) is 36.4 Å². The molecule has 2 rings (SSSR count). The van der Waals surface area contributed by atoms with Gasteiger partial charge in [0.1, 0.15) is 0 Å². The summed E-state index contributed by atoms with van der Waals surface area (Å²) in [6.07, 6.45) is 2.54. The lowest BCUT2D eigenvalue weighted by atomic mass is 10.3. The molecule has 0 amide bonds. The Morgan fingerprint density at radius 2 is 1.88 bits per heavy atom. The van der Waals surface area contributed by atoms with E-state index in [1.54, 1.807) is 0 Å². The number of halogens is 1. The fourth-order valence-corrected chi connectivity index (χ4v) is 3.51. The van der Waals surface area contributed by atoms with Crippen molar-refractivity contribution in [2.45, 2.75) is 12.8 Å². The summed E-state index contributed by atoms with van der Waals surface area (Å²) in [6.45, 7) is 7.42. The van der Waals surface area contributed by atoms with E-state index >= 15 is 0 Å². The third kappa shape index (κ3) is 4.70. The predicted octanol–water partition coefficient (Wildman–Crippen LogP) is 2.69. The van der Waals surface area contributed by atoms with Gasteiger partial charge in [-0.05, 0) is 37.4 Å². The van der Waals surface area contributed by atoms with Crippen LogP contribution in [0.15, 0.2) is 17.5 Å². The van der Waals surface area contributed by atoms with Crippen LogP contribution < -0.4 is 0 Å². The molecule has 0 spiro atoms. The van der Waals surface area contributed by atoms with Crippen LogP contribution in [0, 0.1) is 0 Å². The molecule has 0 unspecified atom stereocenters. The Balaban J connectivity index is 1.71. The van der Waals surface area contributed by atoms with Crippen molar-refractivity contribution in [1.82, 2.24) is 9.80 Å². The Morgan fingerprint density at radius 1 is 1.12 bits per heavy atom. The van der Waals surface area contributed by atoms with E-state index in [4.69, 9.17) is 0 Å². The lowest BCUT2D eigenvalue weighted by molar-refractivity contribution is 0.267. The van der Waals surface area contributed by atoms with Crippen molar-refractivity contribution < 1.29 is 0 Å². The first-order chi connectivity index (χ1) is 8.38. The third-order valence-corrected chi connectivity index (χ3v) is 4.63. The second-order valence-electron chi connectivity index (χ2n) is 4.56. The maximum atomic E-state index is 3.53. The molecule has 4 heteroatoms. The highest BCUT2D eigenvalue weighted by Gasteiger charge is 2.13. The van der Waals surface area contributed by atoms with Crippen LogP contribution in [0.2, 0.25) is 0 Å². The summed E-state index contributed by atoms with van der Waals surface area (Å²) in [5, 5.41) is 3.28. The molecule has 2 heterocycles. The number of alkyl halides is 1. The van der Waals surface area contributed by atoms with E-state index in [0.29, 0.717) is 0 Å². The second-order valence-corrected chi connectivity index (χ2v) is 6.38. The fourth-order valence-electron chi connectivity index (χ4n) is 2.31. The van der Waals surface area contributed by atoms with Gasteiger partial charge in [-0.25, -0.2) is 0 Å². The molecule has 17 heavy (non-hydrogen) atoms. The first-order valence-corrected chi connectivity index (χ1v) is 8.41. The van der Waals surface area contributed by atoms with Gasteiger partial charge in [0.25, 0.3) is 0 Å². The van der Waals surface area contributed by atoms with Crippen molar-refractivity contribution in [3.05, 3.63) is 22.4 Å². The zero-order valence-corrected chi connectivity index (χ0v) is 12.7. The predicted molar refractivity (Wildman–Crippen MR) is 79.3 cm³/mol. The van der Waals surface area contributed by atoms with Crippen LogP contribution in [0.1, 0.15) is 11.3 Å². The van der Waals surface area contributed by atoms with E-state index < -0.39 is 0 Å². The van der Waals surface area contributed by atoms with E-state index in [-0.39, 0.29) is 0 Å². The topological polar surface area (TPSA) is 6.48 Å². The molecule has 0 aromatic carbocycles. The smallest absolute Gasteiger partial charge is 0.0159 e. The normalized spacial score (nSPS) is 19.4. The minimum Gasteiger partial charge on any atom is -0.302 e. The number of hydrogen-bond donors (Lipinski definition) is 0. The largest absolute Gasteiger partial charge is 0.302 e. The van der Waals surface area contributed by atoms with E-state index in [1.807, 2.05) is 11.3 Å². The Kier molecular flexibility index (Phi) is 5.98. The van der Waals surface area contributed by atoms with Gasteiger partial charge < -0.3 is 9.80 Å². The minimum absolute atomic E-state index is 1.10. The Hall–Kier alpha value is 0.100. The number of rotatable bonds is 5. The zero-order chi connectivity index (χ0) is 11.9. The monoisotopic (exact) mass is 316 g/mol. The molecule has 0 saturated carbocycles. The molecule has 0 radical (unpaired) electrons. The van der Waals surface area contributed by atoms with Gasteiger partial charge in [-0.3, -0.25) is 0 Å². The molecule has 0 aliphatic carbocycles. The average Bonchev–Trinajstić information content (AvgIpc) is 2.75. The molecule has 1 aliphatic heterocycles. The van der Waals surface area contributed by atoms with Crippen molar-refractivity contribution in [3.8, 4) is 0 Å². The summed E-state index contributed by atoms with van der Waals surface area (Å²) in [6, 6.07) is 4.40. The standard InChI is InChI=1S/C13H21BrN2S/c14-5-9-16-7-2-6-15(10-11-16)8-4-13-3-1-12-17-13/h1,3,12H,2,4-11H2. The molecule has 1 aromatic heterocycles. The highest BCUT2D eigenvalue weighted by molar-refractivity contribution is 9.09. The molecule has 1 saturated heterocycles. The van der Waals surface area contributed by atoms with Gasteiger partial charge in [-0.2, -0.15) is 0 Å². The van der Waals surface area contributed by atoms with Crippen molar-refractivity contribution >= 4 is 27.3 Å². The van der Waals surface area contributed by atoms with E-state index in [1.165, 1.54) is 57.0 Å². The Labute approximate surface area is 117 Å². The second kappa shape index (κ2) is 7.52. The highest BCUT2D eigenvalue weighted by atomic mass is 79.9. The van der Waals surface area contributed by atoms with Crippen LogP contribution in [0.3, 0.4) is 0 Å². The first-order valence-electron chi connectivity index (χ1n) is 6.41. The quantitative estimate of drug-likeness (QED) is 0.771. The van der Waals surface area contributed by atoms with Crippen LogP contribution >= 0.6 is 27.3 Å². The third-order valence-electron chi connectivity index (χ3n) is 3.34. The van der Waals surface area contributed by atoms with Crippen molar-refractivity contribution in [1.29, 1.82) is 0 Å². The molecule has 0 bridgehead atoms. The summed E-state index contributed by atoms with van der Waals surface area (Å²) in [5.41, 5.74) is 0. The van der Waals surface area contributed by atoms with Gasteiger partial charge >= 0.3 is 0 Å². The van der Waals surface area contributed by atoms with Gasteiger partial charge in [0.2, 0.25) is 0 Å². The van der Waals surface area contributed by atoms with Crippen LogP contribution in [0.5, 0.6) is 0 Å². The maximum Gasteiger partial charge on any atom is 0.0159 e. The van der Waals surface area contributed by atoms with Gasteiger partial charge in [-0.1, -0.05) is 22.0 Å². The molecule has 96 valence electrons. The molecule has 1 aromatic rings. The Morgan fingerprint density at radius 3 is 2.53 bits per heavy atom. The number of hydrogen-bond acceptors (Lipinski definition) is 3. The van der Waals surface area contributed by atoms with Crippen LogP contribution in [-0.4, -0.2) is 54.4 Å². The Bertz CT molecular complexity index is 302. The van der Waals surface area contributed by atoms with Crippen molar-refractivity contribution in [2.75, 3.05) is 44.6 Å². The molecule has 1 fully saturated rings. The lowest BCUT2D eigenvalue weighted by Gasteiger charge is -2.20. The zero-order valence-electron chi connectivity index (χ0n) is 10.3. The average molecular weight is 317 g/mol. The maximum absolute atomic E-state index is 3.53. The van der Waals surface area contributed by atoms with Gasteiger partial charge in [0.05, 0.1) is 0 Å². The molecule has 0 N–H and O–H groups in total. The van der Waals surface area contributed by atoms with Crippen molar-refractivity contribution in [2.24, 2.45) is 0 Å². The van der Waals surface area contributed by atoms with E-state index in [2.05, 4.69) is 43.2 Å². The SMILES string of the molecule is BrCCN1CCCN(CCc2cccs2)CC1. The fraction of sp³-hybridized carbons (Fsp3) is 0.692. The number of thiophene rings is 1. The van der Waals surface area contributed by atoms with E-state index in [9.17, 15) is 0 Å². The highest BCUT2D eigenvalue weighted by Crippen LogP contribution is 2.11. The molecule has 1 aliphatic rings. The summed E-state index contributed by atoms with van der Waals surface area (Å²) in [4.78, 5) is 6.71.